The maximum Gasteiger partial charge on any atom is 0.337 e. The number of rotatable bonds is 15. The number of carbonyl (C=O) groups is 3. The van der Waals surface area contributed by atoms with Gasteiger partial charge in [-0.2, -0.15) is 0 Å². The number of carbonyl (C=O) groups excluding carboxylic acids is 3. The topological polar surface area (TPSA) is 60.4 Å². The molecule has 0 fully saturated rings. The summed E-state index contributed by atoms with van der Waals surface area (Å²) in [5.74, 6) is -0.119. The van der Waals surface area contributed by atoms with Crippen molar-refractivity contribution in [2.75, 3.05) is 7.11 Å². The lowest BCUT2D eigenvalue weighted by atomic mass is 9.98. The molecular weight excluding hydrogens is 1110 g/mol. The first-order valence-corrected chi connectivity index (χ1v) is 31.6. The molecule has 452 valence electrons. The number of esters is 1. The number of ether oxygens (including phenoxy) is 1. The Kier molecular flexibility index (Phi) is 22.9. The SMILES string of the molecule is CCc1ccc(-c2ccc(-c3ccc(C(=O)OC)cc3)cc2)cc1.CCc1ccc(-c2ccc(-c3cccc(C(C)=O)c3)cc2)cc1.CCc1ccc(-c2ccc(-c3cccc(C(C)=O)c3)cc2)cc1.CCc1ccc(-c2ccc(-c3cccc(C)c3)cc2)cc1. The average Bonchev–Trinajstić information content (AvgIpc) is 3.16. The van der Waals surface area contributed by atoms with Gasteiger partial charge in [-0.25, -0.2) is 4.79 Å². The standard InChI is InChI=1S/C22H20O2.2C22H20O.C21H20/c1-3-16-4-6-17(7-5-16)18-8-10-19(11-9-18)20-12-14-21(15-13-20)22(23)24-2;2*1-3-17-7-9-18(10-8-17)19-11-13-20(14-12-19)22-6-4-5-21(15-22)16(2)23;1-3-17-7-9-18(10-8-17)19-11-13-20(14-12-19)21-6-4-5-16(2)15-21/h4-15H,3H2,1-2H3;2*4-15H,3H2,1-2H3;4-15H,3H2,1-2H3. The molecule has 0 aliphatic carbocycles. The third-order valence-electron chi connectivity index (χ3n) is 16.5. The number of methoxy groups -OCH3 is 1. The zero-order valence-electron chi connectivity index (χ0n) is 53.7. The summed E-state index contributed by atoms with van der Waals surface area (Å²) in [6.07, 6.45) is 4.27. The molecule has 0 heterocycles. The van der Waals surface area contributed by atoms with E-state index in [0.29, 0.717) is 5.56 Å². The maximum absolute atomic E-state index is 11.5. The molecule has 0 aliphatic rings. The van der Waals surface area contributed by atoms with Gasteiger partial charge in [0.1, 0.15) is 0 Å². The van der Waals surface area contributed by atoms with Crippen LogP contribution in [0.1, 0.15) is 100 Å². The normalized spacial score (nSPS) is 10.5. The Morgan fingerprint density at radius 1 is 0.253 bits per heavy atom. The van der Waals surface area contributed by atoms with Gasteiger partial charge >= 0.3 is 5.97 Å². The highest BCUT2D eigenvalue weighted by Crippen LogP contribution is 2.31. The Balaban J connectivity index is 0.000000144. The zero-order chi connectivity index (χ0) is 64.1. The summed E-state index contributed by atoms with van der Waals surface area (Å²) in [5.41, 5.74) is 27.8. The molecule has 4 nitrogen and oxygen atoms in total. The second-order valence-electron chi connectivity index (χ2n) is 22.7. The van der Waals surface area contributed by atoms with Crippen molar-refractivity contribution in [2.45, 2.75) is 74.1 Å². The van der Waals surface area contributed by atoms with Crippen LogP contribution in [0, 0.1) is 6.92 Å². The molecule has 12 aromatic carbocycles. The Morgan fingerprint density at radius 2 is 0.462 bits per heavy atom. The highest BCUT2D eigenvalue weighted by Gasteiger charge is 2.09. The molecule has 12 rings (SSSR count). The van der Waals surface area contributed by atoms with Crippen molar-refractivity contribution in [3.63, 3.8) is 0 Å². The first-order chi connectivity index (χ1) is 44.3. The minimum absolute atomic E-state index is 0.0967. The molecule has 0 aliphatic heterocycles. The molecule has 91 heavy (non-hydrogen) atoms. The summed E-state index contributed by atoms with van der Waals surface area (Å²) in [5, 5.41) is 0. The first-order valence-electron chi connectivity index (χ1n) is 31.6. The van der Waals surface area contributed by atoms with Crippen molar-refractivity contribution in [3.8, 4) is 89.0 Å². The number of ketones is 2. The lowest BCUT2D eigenvalue weighted by molar-refractivity contribution is 0.0600. The van der Waals surface area contributed by atoms with Gasteiger partial charge < -0.3 is 4.74 Å². The smallest absolute Gasteiger partial charge is 0.337 e. The second-order valence-corrected chi connectivity index (χ2v) is 22.7. The highest BCUT2D eigenvalue weighted by atomic mass is 16.5. The summed E-state index contributed by atoms with van der Waals surface area (Å²) >= 11 is 0. The molecule has 0 atom stereocenters. The molecule has 0 radical (unpaired) electrons. The van der Waals surface area contributed by atoms with Crippen molar-refractivity contribution >= 4 is 17.5 Å². The van der Waals surface area contributed by atoms with Gasteiger partial charge in [0, 0.05) is 11.1 Å². The van der Waals surface area contributed by atoms with E-state index in [1.54, 1.807) is 26.0 Å². The second kappa shape index (κ2) is 32.1. The molecule has 12 aromatic rings. The number of hydrogen-bond donors (Lipinski definition) is 0. The minimum atomic E-state index is -0.313. The van der Waals surface area contributed by atoms with E-state index < -0.39 is 0 Å². The van der Waals surface area contributed by atoms with Crippen molar-refractivity contribution in [2.24, 2.45) is 0 Å². The van der Waals surface area contributed by atoms with Crippen molar-refractivity contribution < 1.29 is 19.1 Å². The summed E-state index contributed by atoms with van der Waals surface area (Å²) in [6.45, 7) is 14.0. The molecule has 0 spiro atoms. The molecule has 0 saturated heterocycles. The van der Waals surface area contributed by atoms with Gasteiger partial charge in [-0.3, -0.25) is 9.59 Å². The molecule has 0 unspecified atom stereocenters. The molecule has 0 amide bonds. The zero-order valence-corrected chi connectivity index (χ0v) is 53.7. The fraction of sp³-hybridized carbons (Fsp3) is 0.138. The molecule has 0 N–H and O–H groups in total. The van der Waals surface area contributed by atoms with E-state index in [1.165, 1.54) is 90.6 Å². The largest absolute Gasteiger partial charge is 0.465 e. The van der Waals surface area contributed by atoms with Crippen molar-refractivity contribution in [3.05, 3.63) is 336 Å². The van der Waals surface area contributed by atoms with Crippen LogP contribution in [-0.4, -0.2) is 24.6 Å². The van der Waals surface area contributed by atoms with Crippen LogP contribution in [0.3, 0.4) is 0 Å². The Morgan fingerprint density at radius 3 is 0.681 bits per heavy atom. The summed E-state index contributed by atoms with van der Waals surface area (Å²) in [4.78, 5) is 34.5. The number of benzene rings is 12. The molecule has 0 aromatic heterocycles. The summed E-state index contributed by atoms with van der Waals surface area (Å²) < 4.78 is 4.72. The number of hydrogen-bond acceptors (Lipinski definition) is 4. The summed E-state index contributed by atoms with van der Waals surface area (Å²) in [6, 6.07) is 101. The van der Waals surface area contributed by atoms with Gasteiger partial charge in [0.25, 0.3) is 0 Å². The summed E-state index contributed by atoms with van der Waals surface area (Å²) in [7, 11) is 1.39. The lowest BCUT2D eigenvalue weighted by Crippen LogP contribution is -2.00. The van der Waals surface area contributed by atoms with E-state index in [9.17, 15) is 14.4 Å². The minimum Gasteiger partial charge on any atom is -0.465 e. The van der Waals surface area contributed by atoms with Gasteiger partial charge in [0.2, 0.25) is 0 Å². The van der Waals surface area contributed by atoms with Gasteiger partial charge in [-0.15, -0.1) is 0 Å². The monoisotopic (exact) mass is 1190 g/mol. The van der Waals surface area contributed by atoms with Gasteiger partial charge in [-0.1, -0.05) is 300 Å². The van der Waals surface area contributed by atoms with Crippen LogP contribution in [0.5, 0.6) is 0 Å². The van der Waals surface area contributed by atoms with Crippen molar-refractivity contribution in [1.29, 1.82) is 0 Å². The van der Waals surface area contributed by atoms with Crippen LogP contribution in [0.2, 0.25) is 0 Å². The van der Waals surface area contributed by atoms with E-state index in [1.807, 2.05) is 60.7 Å². The third kappa shape index (κ3) is 17.8. The lowest BCUT2D eigenvalue weighted by Gasteiger charge is -2.07. The molecule has 4 heteroatoms. The van der Waals surface area contributed by atoms with Crippen LogP contribution in [0.25, 0.3) is 89.0 Å². The third-order valence-corrected chi connectivity index (χ3v) is 16.5. The van der Waals surface area contributed by atoms with Gasteiger partial charge in [0.15, 0.2) is 11.6 Å². The fourth-order valence-corrected chi connectivity index (χ4v) is 10.7. The van der Waals surface area contributed by atoms with E-state index >= 15 is 0 Å². The molecule has 0 bridgehead atoms. The Bertz CT molecular complexity index is 4150. The molecular formula is C87H80O4. The predicted octanol–water partition coefficient (Wildman–Crippen LogP) is 22.8. The Labute approximate surface area is 539 Å². The molecule has 0 saturated carbocycles. The maximum atomic E-state index is 11.5. The van der Waals surface area contributed by atoms with Gasteiger partial charge in [0.05, 0.1) is 12.7 Å². The highest BCUT2D eigenvalue weighted by molar-refractivity contribution is 5.96. The average molecular weight is 1190 g/mol. The number of aryl methyl sites for hydroxylation is 5. The van der Waals surface area contributed by atoms with Crippen LogP contribution >= 0.6 is 0 Å². The number of Topliss-reactive ketones (excluding diaryl/α,β-unsaturated/α-hetero) is 2. The van der Waals surface area contributed by atoms with Gasteiger partial charge in [-0.05, 0) is 182 Å². The quantitative estimate of drug-likeness (QED) is 0.0758. The van der Waals surface area contributed by atoms with Crippen LogP contribution in [0.4, 0.5) is 0 Å². The van der Waals surface area contributed by atoms with Crippen molar-refractivity contribution in [1.82, 2.24) is 0 Å². The Hall–Kier alpha value is -10.6. The first kappa shape index (κ1) is 64.9. The van der Waals surface area contributed by atoms with E-state index in [2.05, 4.69) is 253 Å². The van der Waals surface area contributed by atoms with Crippen LogP contribution in [-0.2, 0) is 30.4 Å². The fourth-order valence-electron chi connectivity index (χ4n) is 10.7. The van der Waals surface area contributed by atoms with E-state index in [0.717, 1.165) is 70.2 Å². The van der Waals surface area contributed by atoms with E-state index in [4.69, 9.17) is 4.74 Å². The van der Waals surface area contributed by atoms with Crippen LogP contribution < -0.4 is 0 Å². The predicted molar refractivity (Wildman–Crippen MR) is 383 cm³/mol. The van der Waals surface area contributed by atoms with Crippen LogP contribution in [0.15, 0.2) is 291 Å². The van der Waals surface area contributed by atoms with E-state index in [-0.39, 0.29) is 17.5 Å².